The molecular formula is C36H49BrN3O10S3+. The number of ketones is 1. The molecule has 13 nitrogen and oxygen atoms in total. The summed E-state index contributed by atoms with van der Waals surface area (Å²) in [7, 11) is -12.9. The van der Waals surface area contributed by atoms with Gasteiger partial charge in [-0.25, -0.2) is 4.57 Å². The number of pyridine rings is 1. The molecule has 292 valence electrons. The number of halogens is 1. The third kappa shape index (κ3) is 11.2. The number of aryl methyl sites for hydroxylation is 1. The molecule has 0 saturated heterocycles. The monoisotopic (exact) mass is 858 g/mol. The second-order valence-corrected chi connectivity index (χ2v) is 18.8. The molecule has 0 radical (unpaired) electrons. The highest BCUT2D eigenvalue weighted by Gasteiger charge is 2.44. The number of Topliss-reactive ketones (excluding diaryl/α,β-unsaturated/α-hetero) is 1. The second kappa shape index (κ2) is 17.6. The minimum Gasteiger partial charge on any atom is -0.344 e. The zero-order chi connectivity index (χ0) is 40.0. The van der Waals surface area contributed by atoms with Gasteiger partial charge in [0.2, 0.25) is 0 Å². The van der Waals surface area contributed by atoms with E-state index in [9.17, 15) is 39.2 Å². The molecule has 2 aliphatic rings. The number of aromatic nitrogens is 1. The number of allylic oxidation sites excluding steroid dienone is 6. The molecule has 0 fully saturated rings. The predicted octanol–water partition coefficient (Wildman–Crippen LogP) is 6.46. The van der Waals surface area contributed by atoms with Gasteiger partial charge < -0.3 is 4.90 Å². The van der Waals surface area contributed by atoms with Crippen LogP contribution in [0.25, 0.3) is 0 Å². The maximum Gasteiger partial charge on any atom is 0.327 e. The second-order valence-electron chi connectivity index (χ2n) is 13.3. The van der Waals surface area contributed by atoms with Crippen molar-refractivity contribution in [2.45, 2.75) is 95.9 Å². The van der Waals surface area contributed by atoms with E-state index in [1.54, 1.807) is 31.2 Å². The summed E-state index contributed by atoms with van der Waals surface area (Å²) in [5, 5.41) is 0. The summed E-state index contributed by atoms with van der Waals surface area (Å²) in [4.78, 5) is 18.9. The Balaban J connectivity index is 0.00000372. The van der Waals surface area contributed by atoms with Gasteiger partial charge in [-0.2, -0.15) is 25.3 Å². The molecule has 1 aromatic carbocycles. The van der Waals surface area contributed by atoms with Gasteiger partial charge in [0.15, 0.2) is 5.71 Å². The van der Waals surface area contributed by atoms with Crippen molar-refractivity contribution in [1.29, 1.82) is 0 Å². The Morgan fingerprint density at radius 1 is 0.925 bits per heavy atom. The van der Waals surface area contributed by atoms with Crippen LogP contribution in [0.3, 0.4) is 0 Å². The van der Waals surface area contributed by atoms with Gasteiger partial charge in [0.25, 0.3) is 30.4 Å². The van der Waals surface area contributed by atoms with Gasteiger partial charge >= 0.3 is 5.82 Å². The summed E-state index contributed by atoms with van der Waals surface area (Å²) in [5.41, 5.74) is 2.10. The van der Waals surface area contributed by atoms with Crippen LogP contribution in [0, 0.1) is 0 Å². The largest absolute Gasteiger partial charge is 0.344 e. The molecule has 53 heavy (non-hydrogen) atoms. The highest BCUT2D eigenvalue weighted by Crippen LogP contribution is 2.51. The molecular weight excluding hydrogens is 811 g/mol. The molecule has 2 aromatic rings. The first kappa shape index (κ1) is 44.3. The van der Waals surface area contributed by atoms with Gasteiger partial charge in [-0.3, -0.25) is 18.5 Å². The van der Waals surface area contributed by atoms with Crippen LogP contribution in [-0.2, 0) is 52.5 Å². The third-order valence-electron chi connectivity index (χ3n) is 9.24. The molecule has 0 amide bonds. The quantitative estimate of drug-likeness (QED) is 0.0951. The van der Waals surface area contributed by atoms with Crippen LogP contribution in [0.5, 0.6) is 0 Å². The summed E-state index contributed by atoms with van der Waals surface area (Å²) in [5.74, 6) is -0.176. The number of nitrogens with zero attached hydrogens (tertiary/aromatic N) is 3. The van der Waals surface area contributed by atoms with E-state index in [1.165, 1.54) is 12.1 Å². The fraction of sp³-hybridized carbons (Fsp3) is 0.472. The van der Waals surface area contributed by atoms with E-state index in [4.69, 9.17) is 9.55 Å². The Labute approximate surface area is 322 Å². The number of rotatable bonds is 16. The van der Waals surface area contributed by atoms with E-state index in [-0.39, 0.29) is 42.2 Å². The lowest BCUT2D eigenvalue weighted by molar-refractivity contribution is -0.684. The van der Waals surface area contributed by atoms with Crippen molar-refractivity contribution in [3.63, 3.8) is 0 Å². The number of hydrogen-bond donors (Lipinski definition) is 3. The summed E-state index contributed by atoms with van der Waals surface area (Å²) in [6.07, 6.45) is 11.9. The number of carbonyl (C=O) groups is 1. The number of aliphatic imine (C=N–C) groups is 1. The van der Waals surface area contributed by atoms with Crippen molar-refractivity contribution < 1.29 is 48.3 Å². The normalized spacial score (nSPS) is 19.0. The van der Waals surface area contributed by atoms with Gasteiger partial charge in [0.1, 0.15) is 12.0 Å². The molecule has 2 aliphatic heterocycles. The molecule has 4 rings (SSSR count). The smallest absolute Gasteiger partial charge is 0.327 e. The SMILES string of the molecule is CC.CCC(=O)CCC1(C)\C(=C/C=C/C=C/C2=Nc3c(cc(Br)c[n+]3CCCS(=O)(=O)O)C2(C)C)N(CCCS(=O)(=O)O)c2ccc(S(=O)(=O)O)cc21. The first-order valence-electron chi connectivity index (χ1n) is 17.3. The fourth-order valence-electron chi connectivity index (χ4n) is 6.44. The zero-order valence-corrected chi connectivity index (χ0v) is 34.8. The molecule has 17 heteroatoms. The number of benzene rings is 1. The zero-order valence-electron chi connectivity index (χ0n) is 30.8. The maximum atomic E-state index is 12.5. The molecule has 0 aliphatic carbocycles. The minimum absolute atomic E-state index is 0.0130. The van der Waals surface area contributed by atoms with Gasteiger partial charge in [0, 0.05) is 42.6 Å². The Bertz CT molecular complexity index is 2160. The Hall–Kier alpha value is -3.06. The highest BCUT2D eigenvalue weighted by molar-refractivity contribution is 9.10. The van der Waals surface area contributed by atoms with Crippen molar-refractivity contribution in [3.8, 4) is 0 Å². The van der Waals surface area contributed by atoms with Crippen molar-refractivity contribution in [2.75, 3.05) is 23.0 Å². The number of hydrogen-bond acceptors (Lipinski definition) is 9. The number of fused-ring (bicyclic) bond motifs is 2. The van der Waals surface area contributed by atoms with Gasteiger partial charge in [-0.1, -0.05) is 39.0 Å². The van der Waals surface area contributed by atoms with E-state index in [0.29, 0.717) is 42.2 Å². The Morgan fingerprint density at radius 2 is 1.57 bits per heavy atom. The lowest BCUT2D eigenvalue weighted by Crippen LogP contribution is -2.36. The van der Waals surface area contributed by atoms with Gasteiger partial charge in [-0.05, 0) is 96.5 Å². The number of carbonyl (C=O) groups excluding carboxylic acids is 1. The maximum absolute atomic E-state index is 12.5. The van der Waals surface area contributed by atoms with Crippen LogP contribution in [0.4, 0.5) is 11.5 Å². The summed E-state index contributed by atoms with van der Waals surface area (Å²) >= 11 is 3.53. The predicted molar refractivity (Wildman–Crippen MR) is 210 cm³/mol. The standard InChI is InChI=1S/C34H42BrN3O10S3.C2H6/c1-5-25(39)15-16-34(4)27-22-26(51(46,47)48)13-14-29(27)38(18-10-20-50(43,44)45)31(34)12-8-6-7-11-30-33(2,3)28-21-24(35)23-37(32(28)36-30)17-9-19-49(40,41)42;1-2/h6-8,11-14,21-23H,5,9-10,15-20H2,1-4H3,(H2-,40,41,42,43,44,45,46,47,48);1-2H3/p+1. The van der Waals surface area contributed by atoms with E-state index in [2.05, 4.69) is 15.9 Å². The summed E-state index contributed by atoms with van der Waals surface area (Å²) in [6.45, 7) is 12.2. The summed E-state index contributed by atoms with van der Waals surface area (Å²) < 4.78 is 101. The van der Waals surface area contributed by atoms with E-state index >= 15 is 0 Å². The molecule has 3 N–H and O–H groups in total. The van der Waals surface area contributed by atoms with Crippen molar-refractivity contribution in [1.82, 2.24) is 0 Å². The Kier molecular flexibility index (Phi) is 14.7. The summed E-state index contributed by atoms with van der Waals surface area (Å²) in [6, 6.07) is 6.15. The fourth-order valence-corrected chi connectivity index (χ4v) is 8.41. The first-order valence-corrected chi connectivity index (χ1v) is 22.7. The van der Waals surface area contributed by atoms with Crippen molar-refractivity contribution in [2.24, 2.45) is 4.99 Å². The molecule has 0 spiro atoms. The average molecular weight is 860 g/mol. The van der Waals surface area contributed by atoms with Crippen LogP contribution in [0.15, 0.2) is 80.9 Å². The third-order valence-corrected chi connectivity index (χ3v) is 12.1. The molecule has 1 aromatic heterocycles. The molecule has 1 atom stereocenters. The molecule has 3 heterocycles. The Morgan fingerprint density at radius 3 is 2.17 bits per heavy atom. The topological polar surface area (TPSA) is 200 Å². The van der Waals surface area contributed by atoms with Gasteiger partial charge in [0.05, 0.1) is 38.4 Å². The van der Waals surface area contributed by atoms with Crippen LogP contribution in [0.2, 0.25) is 0 Å². The molecule has 0 bridgehead atoms. The van der Waals surface area contributed by atoms with Crippen LogP contribution in [0.1, 0.15) is 84.8 Å². The molecule has 0 saturated carbocycles. The lowest BCUT2D eigenvalue weighted by atomic mass is 9.77. The van der Waals surface area contributed by atoms with Crippen LogP contribution in [-0.4, -0.2) is 68.5 Å². The van der Waals surface area contributed by atoms with E-state index < -0.39 is 46.9 Å². The highest BCUT2D eigenvalue weighted by atomic mass is 79.9. The van der Waals surface area contributed by atoms with Crippen molar-refractivity contribution in [3.05, 3.63) is 82.1 Å². The van der Waals surface area contributed by atoms with Crippen molar-refractivity contribution >= 4 is 69.3 Å². The van der Waals surface area contributed by atoms with E-state index in [0.717, 1.165) is 15.7 Å². The number of anilines is 1. The van der Waals surface area contributed by atoms with Crippen LogP contribution < -0.4 is 9.47 Å². The first-order chi connectivity index (χ1) is 24.6. The minimum atomic E-state index is -4.55. The average Bonchev–Trinajstić information content (AvgIpc) is 3.45. The lowest BCUT2D eigenvalue weighted by Gasteiger charge is -2.30. The van der Waals surface area contributed by atoms with E-state index in [1.807, 2.05) is 68.5 Å². The molecule has 1 unspecified atom stereocenters. The van der Waals surface area contributed by atoms with Gasteiger partial charge in [-0.15, -0.1) is 0 Å². The van der Waals surface area contributed by atoms with Crippen LogP contribution >= 0.6 is 15.9 Å².